The predicted molar refractivity (Wildman–Crippen MR) is 123 cm³/mol. The SMILES string of the molecule is CCNC(=NCCCS(=O)(=O)c1ccccc1)NCCc1ccccc1.I. The van der Waals surface area contributed by atoms with E-state index in [4.69, 9.17) is 0 Å². The Kier molecular flexibility index (Phi) is 11.0. The maximum atomic E-state index is 12.3. The van der Waals surface area contributed by atoms with Crippen LogP contribution in [0, 0.1) is 0 Å². The smallest absolute Gasteiger partial charge is 0.191 e. The Hall–Kier alpha value is -1.61. The van der Waals surface area contributed by atoms with Gasteiger partial charge in [-0.3, -0.25) is 4.99 Å². The Labute approximate surface area is 179 Å². The number of guanidine groups is 1. The fourth-order valence-electron chi connectivity index (χ4n) is 2.50. The lowest BCUT2D eigenvalue weighted by atomic mass is 10.1. The first kappa shape index (κ1) is 23.4. The third-order valence-electron chi connectivity index (χ3n) is 3.84. The van der Waals surface area contributed by atoms with Crippen LogP contribution in [0.4, 0.5) is 0 Å². The van der Waals surface area contributed by atoms with Crippen LogP contribution in [0.5, 0.6) is 0 Å². The van der Waals surface area contributed by atoms with Gasteiger partial charge in [0.15, 0.2) is 15.8 Å². The fraction of sp³-hybridized carbons (Fsp3) is 0.350. The quantitative estimate of drug-likeness (QED) is 0.240. The number of rotatable bonds is 9. The first-order chi connectivity index (χ1) is 12.6. The van der Waals surface area contributed by atoms with E-state index < -0.39 is 9.84 Å². The molecule has 0 unspecified atom stereocenters. The van der Waals surface area contributed by atoms with Crippen molar-refractivity contribution >= 4 is 39.8 Å². The van der Waals surface area contributed by atoms with Crippen molar-refractivity contribution in [1.29, 1.82) is 0 Å². The highest BCUT2D eigenvalue weighted by Crippen LogP contribution is 2.10. The fourth-order valence-corrected chi connectivity index (χ4v) is 3.82. The maximum absolute atomic E-state index is 12.3. The number of hydrogen-bond donors (Lipinski definition) is 2. The van der Waals surface area contributed by atoms with Gasteiger partial charge in [0.2, 0.25) is 0 Å². The van der Waals surface area contributed by atoms with Crippen LogP contribution in [-0.4, -0.2) is 39.8 Å². The number of sulfone groups is 1. The Balaban J connectivity index is 0.00000364. The molecular weight excluding hydrogens is 473 g/mol. The zero-order valence-electron chi connectivity index (χ0n) is 15.6. The second kappa shape index (κ2) is 12.7. The Morgan fingerprint density at radius 3 is 2.22 bits per heavy atom. The first-order valence-electron chi connectivity index (χ1n) is 8.96. The number of nitrogens with one attached hydrogen (secondary N) is 2. The zero-order chi connectivity index (χ0) is 18.7. The maximum Gasteiger partial charge on any atom is 0.191 e. The second-order valence-electron chi connectivity index (χ2n) is 5.91. The van der Waals surface area contributed by atoms with E-state index in [2.05, 4.69) is 27.8 Å². The third-order valence-corrected chi connectivity index (χ3v) is 5.65. The Morgan fingerprint density at radius 2 is 1.59 bits per heavy atom. The number of halogens is 1. The van der Waals surface area contributed by atoms with Crippen molar-refractivity contribution in [3.8, 4) is 0 Å². The van der Waals surface area contributed by atoms with Crippen LogP contribution in [0.3, 0.4) is 0 Å². The van der Waals surface area contributed by atoms with Gasteiger partial charge in [0.05, 0.1) is 10.6 Å². The Bertz CT molecular complexity index is 781. The van der Waals surface area contributed by atoms with Gasteiger partial charge in [-0.15, -0.1) is 24.0 Å². The van der Waals surface area contributed by atoms with Gasteiger partial charge in [0, 0.05) is 19.6 Å². The molecule has 2 rings (SSSR count). The van der Waals surface area contributed by atoms with E-state index in [1.807, 2.05) is 31.2 Å². The van der Waals surface area contributed by atoms with Gasteiger partial charge in [-0.05, 0) is 37.5 Å². The van der Waals surface area contributed by atoms with Crippen molar-refractivity contribution in [3.05, 3.63) is 66.2 Å². The number of benzene rings is 2. The molecule has 27 heavy (non-hydrogen) atoms. The van der Waals surface area contributed by atoms with Crippen molar-refractivity contribution in [2.75, 3.05) is 25.4 Å². The standard InChI is InChI=1S/C20H27N3O2S.HI/c1-2-21-20(23-16-14-18-10-5-3-6-11-18)22-15-9-17-26(24,25)19-12-7-4-8-13-19;/h3-8,10-13H,2,9,14-17H2,1H3,(H2,21,22,23);1H. The van der Waals surface area contributed by atoms with Gasteiger partial charge in [-0.25, -0.2) is 8.42 Å². The van der Waals surface area contributed by atoms with Gasteiger partial charge in [-0.1, -0.05) is 48.5 Å². The molecule has 0 aromatic heterocycles. The highest BCUT2D eigenvalue weighted by molar-refractivity contribution is 14.0. The molecule has 0 bridgehead atoms. The van der Waals surface area contributed by atoms with Crippen LogP contribution in [0.1, 0.15) is 18.9 Å². The van der Waals surface area contributed by atoms with Gasteiger partial charge in [0.25, 0.3) is 0 Å². The summed E-state index contributed by atoms with van der Waals surface area (Å²) in [6.45, 7) is 4.01. The summed E-state index contributed by atoms with van der Waals surface area (Å²) in [7, 11) is -3.23. The average molecular weight is 501 g/mol. The molecule has 148 valence electrons. The van der Waals surface area contributed by atoms with Gasteiger partial charge in [0.1, 0.15) is 0 Å². The average Bonchev–Trinajstić information content (AvgIpc) is 2.67. The molecule has 0 spiro atoms. The van der Waals surface area contributed by atoms with E-state index in [9.17, 15) is 8.42 Å². The predicted octanol–water partition coefficient (Wildman–Crippen LogP) is 3.27. The lowest BCUT2D eigenvalue weighted by Gasteiger charge is -2.11. The van der Waals surface area contributed by atoms with Gasteiger partial charge in [-0.2, -0.15) is 0 Å². The summed E-state index contributed by atoms with van der Waals surface area (Å²) in [5.41, 5.74) is 1.27. The van der Waals surface area contributed by atoms with E-state index in [0.29, 0.717) is 17.9 Å². The normalized spacial score (nSPS) is 11.5. The molecule has 0 atom stereocenters. The number of hydrogen-bond acceptors (Lipinski definition) is 3. The summed E-state index contributed by atoms with van der Waals surface area (Å²) in [5, 5.41) is 6.48. The highest BCUT2D eigenvalue weighted by Gasteiger charge is 2.12. The minimum Gasteiger partial charge on any atom is -0.357 e. The van der Waals surface area contributed by atoms with Crippen LogP contribution in [-0.2, 0) is 16.3 Å². The molecule has 0 saturated heterocycles. The molecule has 0 radical (unpaired) electrons. The summed E-state index contributed by atoms with van der Waals surface area (Å²) in [5.74, 6) is 0.824. The van der Waals surface area contributed by atoms with Crippen molar-refractivity contribution in [3.63, 3.8) is 0 Å². The molecule has 5 nitrogen and oxygen atoms in total. The van der Waals surface area contributed by atoms with E-state index in [-0.39, 0.29) is 29.7 Å². The second-order valence-corrected chi connectivity index (χ2v) is 8.02. The molecule has 0 amide bonds. The highest BCUT2D eigenvalue weighted by atomic mass is 127. The molecule has 7 heteroatoms. The summed E-state index contributed by atoms with van der Waals surface area (Å²) in [4.78, 5) is 4.84. The minimum atomic E-state index is -3.23. The topological polar surface area (TPSA) is 70.6 Å². The molecule has 0 saturated carbocycles. The van der Waals surface area contributed by atoms with Crippen LogP contribution in [0.2, 0.25) is 0 Å². The largest absolute Gasteiger partial charge is 0.357 e. The van der Waals surface area contributed by atoms with Crippen molar-refractivity contribution in [1.82, 2.24) is 10.6 Å². The third kappa shape index (κ3) is 8.75. The summed E-state index contributed by atoms with van der Waals surface area (Å²) >= 11 is 0. The molecule has 0 aliphatic heterocycles. The van der Waals surface area contributed by atoms with Crippen molar-refractivity contribution < 1.29 is 8.42 Å². The van der Waals surface area contributed by atoms with Gasteiger partial charge >= 0.3 is 0 Å². The van der Waals surface area contributed by atoms with Crippen LogP contribution in [0.25, 0.3) is 0 Å². The molecule has 2 aromatic carbocycles. The molecular formula is C20H28IN3O2S. The summed E-state index contributed by atoms with van der Waals surface area (Å²) in [6.07, 6.45) is 1.40. The van der Waals surface area contributed by atoms with Crippen LogP contribution in [0.15, 0.2) is 70.6 Å². The first-order valence-corrected chi connectivity index (χ1v) is 10.6. The Morgan fingerprint density at radius 1 is 0.963 bits per heavy atom. The number of nitrogens with zero attached hydrogens (tertiary/aromatic N) is 1. The molecule has 2 N–H and O–H groups in total. The molecule has 0 fully saturated rings. The lowest BCUT2D eigenvalue weighted by Crippen LogP contribution is -2.38. The van der Waals surface area contributed by atoms with E-state index in [1.165, 1.54) is 5.56 Å². The summed E-state index contributed by atoms with van der Waals surface area (Å²) in [6, 6.07) is 18.8. The lowest BCUT2D eigenvalue weighted by molar-refractivity contribution is 0.593. The van der Waals surface area contributed by atoms with Crippen LogP contribution < -0.4 is 10.6 Å². The van der Waals surface area contributed by atoms with E-state index >= 15 is 0 Å². The number of aliphatic imine (C=N–C) groups is 1. The molecule has 0 aliphatic carbocycles. The molecule has 0 heterocycles. The van der Waals surface area contributed by atoms with E-state index in [1.54, 1.807) is 24.3 Å². The molecule has 2 aromatic rings. The van der Waals surface area contributed by atoms with E-state index in [0.717, 1.165) is 25.5 Å². The van der Waals surface area contributed by atoms with Crippen LogP contribution >= 0.6 is 24.0 Å². The van der Waals surface area contributed by atoms with Gasteiger partial charge < -0.3 is 10.6 Å². The summed E-state index contributed by atoms with van der Waals surface area (Å²) < 4.78 is 24.5. The zero-order valence-corrected chi connectivity index (χ0v) is 18.7. The van der Waals surface area contributed by atoms with Crippen molar-refractivity contribution in [2.24, 2.45) is 4.99 Å². The monoisotopic (exact) mass is 501 g/mol. The molecule has 0 aliphatic rings. The minimum absolute atomic E-state index is 0. The van der Waals surface area contributed by atoms with Crippen molar-refractivity contribution in [2.45, 2.75) is 24.7 Å².